The van der Waals surface area contributed by atoms with Crippen LogP contribution in [0.5, 0.6) is 0 Å². The molecule has 0 saturated carbocycles. The number of nitro benzene ring substituents is 1. The number of fused-ring (bicyclic) bond motifs is 1. The lowest BCUT2D eigenvalue weighted by Gasteiger charge is -2.08. The molecule has 2 aromatic carbocycles. The molecular weight excluding hydrogens is 471 g/mol. The summed E-state index contributed by atoms with van der Waals surface area (Å²) in [5.41, 5.74) is 0.894. The van der Waals surface area contributed by atoms with Gasteiger partial charge in [-0.3, -0.25) is 24.3 Å². The Morgan fingerprint density at radius 3 is 2.76 bits per heavy atom. The van der Waals surface area contributed by atoms with Crippen molar-refractivity contribution in [1.82, 2.24) is 24.6 Å². The van der Waals surface area contributed by atoms with Crippen LogP contribution in [0.25, 0.3) is 11.0 Å². The number of nitrogens with zero attached hydrogens (tertiary/aromatic N) is 5. The van der Waals surface area contributed by atoms with Gasteiger partial charge < -0.3 is 5.32 Å². The highest BCUT2D eigenvalue weighted by Gasteiger charge is 2.13. The van der Waals surface area contributed by atoms with Crippen LogP contribution < -0.4 is 10.9 Å². The van der Waals surface area contributed by atoms with Crippen molar-refractivity contribution in [2.75, 3.05) is 6.54 Å². The van der Waals surface area contributed by atoms with Gasteiger partial charge in [-0.25, -0.2) is 9.67 Å². The van der Waals surface area contributed by atoms with E-state index in [0.29, 0.717) is 27.2 Å². The van der Waals surface area contributed by atoms with Crippen LogP contribution in [0.4, 0.5) is 5.69 Å². The summed E-state index contributed by atoms with van der Waals surface area (Å²) in [5.74, 6) is -0.361. The normalized spacial score (nSPS) is 11.0. The molecule has 0 spiro atoms. The van der Waals surface area contributed by atoms with Gasteiger partial charge in [0.25, 0.3) is 17.2 Å². The number of carbonyl (C=O) groups excluding carboxylic acids is 1. The van der Waals surface area contributed by atoms with Crippen LogP contribution in [-0.2, 0) is 13.1 Å². The Balaban J connectivity index is 1.47. The maximum atomic E-state index is 12.8. The van der Waals surface area contributed by atoms with Crippen LogP contribution in [0.15, 0.2) is 59.8 Å². The van der Waals surface area contributed by atoms with Crippen LogP contribution in [0.1, 0.15) is 15.9 Å². The van der Waals surface area contributed by atoms with Crippen molar-refractivity contribution in [1.29, 1.82) is 0 Å². The Hall–Kier alpha value is -3.76. The van der Waals surface area contributed by atoms with Crippen LogP contribution in [0, 0.1) is 10.1 Å². The molecule has 0 fully saturated rings. The Morgan fingerprint density at radius 2 is 2.00 bits per heavy atom. The van der Waals surface area contributed by atoms with Gasteiger partial charge in [0.15, 0.2) is 5.65 Å². The third-order valence-electron chi connectivity index (χ3n) is 4.88. The Labute approximate surface area is 196 Å². The second-order valence-electron chi connectivity index (χ2n) is 7.09. The van der Waals surface area contributed by atoms with Gasteiger partial charge in [-0.2, -0.15) is 5.10 Å². The summed E-state index contributed by atoms with van der Waals surface area (Å²) in [6, 6.07) is 10.7. The predicted octanol–water partition coefficient (Wildman–Crippen LogP) is 3.29. The number of non-ortho nitro benzene ring substituents is 1. The third kappa shape index (κ3) is 4.86. The van der Waals surface area contributed by atoms with Crippen LogP contribution in [0.2, 0.25) is 10.0 Å². The molecule has 0 bridgehead atoms. The van der Waals surface area contributed by atoms with Gasteiger partial charge in [-0.1, -0.05) is 35.3 Å². The first-order chi connectivity index (χ1) is 15.8. The van der Waals surface area contributed by atoms with E-state index in [1.165, 1.54) is 46.0 Å². The zero-order valence-electron chi connectivity index (χ0n) is 16.9. The van der Waals surface area contributed by atoms with E-state index in [1.54, 1.807) is 18.2 Å². The van der Waals surface area contributed by atoms with Crippen molar-refractivity contribution in [3.8, 4) is 0 Å². The minimum atomic E-state index is -0.489. The van der Waals surface area contributed by atoms with Crippen LogP contribution in [-0.4, -0.2) is 36.7 Å². The van der Waals surface area contributed by atoms with Gasteiger partial charge in [-0.15, -0.1) is 0 Å². The van der Waals surface area contributed by atoms with Gasteiger partial charge >= 0.3 is 0 Å². The van der Waals surface area contributed by atoms with Gasteiger partial charge in [0.1, 0.15) is 11.7 Å². The van der Waals surface area contributed by atoms with Crippen molar-refractivity contribution < 1.29 is 9.72 Å². The molecular formula is C21H16Cl2N6O4. The predicted molar refractivity (Wildman–Crippen MR) is 123 cm³/mol. The maximum Gasteiger partial charge on any atom is 0.269 e. The minimum absolute atomic E-state index is 0.0515. The molecule has 10 nitrogen and oxygen atoms in total. The van der Waals surface area contributed by atoms with Crippen LogP contribution >= 0.6 is 23.2 Å². The summed E-state index contributed by atoms with van der Waals surface area (Å²) < 4.78 is 2.87. The molecule has 1 amide bonds. The second-order valence-corrected chi connectivity index (χ2v) is 7.93. The number of nitro groups is 1. The molecule has 12 heteroatoms. The number of rotatable bonds is 7. The van der Waals surface area contributed by atoms with Gasteiger partial charge in [0.2, 0.25) is 0 Å². The van der Waals surface area contributed by atoms with E-state index in [4.69, 9.17) is 23.2 Å². The van der Waals surface area contributed by atoms with Crippen molar-refractivity contribution >= 4 is 45.8 Å². The zero-order chi connectivity index (χ0) is 23.5. The minimum Gasteiger partial charge on any atom is -0.350 e. The average Bonchev–Trinajstić information content (AvgIpc) is 3.19. The molecule has 4 aromatic rings. The standard InChI is InChI=1S/C21H16Cl2N6O4/c22-14-4-5-16(18(23)9-14)20(30)24-6-7-28-19-17(10-26-28)21(31)27(12-25-19)11-13-2-1-3-15(8-13)29(32)33/h1-5,8-10,12H,6-7,11H2,(H,24,30). The molecule has 0 aliphatic rings. The number of nitrogens with one attached hydrogen (secondary N) is 1. The number of benzene rings is 2. The number of halogens is 2. The van der Waals surface area contributed by atoms with Crippen molar-refractivity contribution in [3.05, 3.63) is 96.6 Å². The van der Waals surface area contributed by atoms with Gasteiger partial charge in [0.05, 0.1) is 34.8 Å². The summed E-state index contributed by atoms with van der Waals surface area (Å²) in [4.78, 5) is 40.0. The van der Waals surface area contributed by atoms with Crippen molar-refractivity contribution in [2.24, 2.45) is 0 Å². The summed E-state index contributed by atoms with van der Waals surface area (Å²) in [5, 5.41) is 18.9. The Kier molecular flexibility index (Phi) is 6.38. The quantitative estimate of drug-likeness (QED) is 0.315. The summed E-state index contributed by atoms with van der Waals surface area (Å²) in [7, 11) is 0. The molecule has 1 N–H and O–H groups in total. The SMILES string of the molecule is O=C(NCCn1ncc2c(=O)n(Cc3cccc([N+](=O)[O-])c3)cnc21)c1ccc(Cl)cc1Cl. The fourth-order valence-electron chi connectivity index (χ4n) is 3.28. The highest BCUT2D eigenvalue weighted by atomic mass is 35.5. The largest absolute Gasteiger partial charge is 0.350 e. The summed E-state index contributed by atoms with van der Waals surface area (Å²) in [6.07, 6.45) is 2.78. The number of hydrogen-bond donors (Lipinski definition) is 1. The highest BCUT2D eigenvalue weighted by molar-refractivity contribution is 6.36. The Bertz CT molecular complexity index is 1430. The molecule has 0 radical (unpaired) electrons. The molecule has 2 aromatic heterocycles. The lowest BCUT2D eigenvalue weighted by Crippen LogP contribution is -2.28. The van der Waals surface area contributed by atoms with E-state index in [-0.39, 0.29) is 41.8 Å². The molecule has 2 heterocycles. The van der Waals surface area contributed by atoms with Crippen molar-refractivity contribution in [3.63, 3.8) is 0 Å². The number of carbonyl (C=O) groups is 1. The molecule has 33 heavy (non-hydrogen) atoms. The third-order valence-corrected chi connectivity index (χ3v) is 5.43. The molecule has 4 rings (SSSR count). The highest BCUT2D eigenvalue weighted by Crippen LogP contribution is 2.20. The maximum absolute atomic E-state index is 12.8. The number of aromatic nitrogens is 4. The second kappa shape index (κ2) is 9.39. The van der Waals surface area contributed by atoms with E-state index in [9.17, 15) is 19.7 Å². The lowest BCUT2D eigenvalue weighted by molar-refractivity contribution is -0.384. The van der Waals surface area contributed by atoms with E-state index in [1.807, 2.05) is 0 Å². The fraction of sp³-hybridized carbons (Fsp3) is 0.143. The molecule has 0 aliphatic heterocycles. The first kappa shape index (κ1) is 22.4. The monoisotopic (exact) mass is 486 g/mol. The fourth-order valence-corrected chi connectivity index (χ4v) is 3.78. The van der Waals surface area contributed by atoms with E-state index < -0.39 is 4.92 Å². The van der Waals surface area contributed by atoms with Gasteiger partial charge in [-0.05, 0) is 23.8 Å². The van der Waals surface area contributed by atoms with Crippen molar-refractivity contribution in [2.45, 2.75) is 13.1 Å². The first-order valence-electron chi connectivity index (χ1n) is 9.71. The number of hydrogen-bond acceptors (Lipinski definition) is 6. The van der Waals surface area contributed by atoms with E-state index in [2.05, 4.69) is 15.4 Å². The molecule has 0 atom stereocenters. The Morgan fingerprint density at radius 1 is 1.18 bits per heavy atom. The topological polar surface area (TPSA) is 125 Å². The average molecular weight is 487 g/mol. The lowest BCUT2D eigenvalue weighted by atomic mass is 10.2. The first-order valence-corrected chi connectivity index (χ1v) is 10.5. The molecule has 0 unspecified atom stereocenters. The van der Waals surface area contributed by atoms with Gasteiger partial charge in [0, 0.05) is 23.7 Å². The van der Waals surface area contributed by atoms with E-state index >= 15 is 0 Å². The van der Waals surface area contributed by atoms with E-state index in [0.717, 1.165) is 0 Å². The zero-order valence-corrected chi connectivity index (χ0v) is 18.5. The summed E-state index contributed by atoms with van der Waals surface area (Å²) >= 11 is 11.9. The van der Waals surface area contributed by atoms with Crippen LogP contribution in [0.3, 0.4) is 0 Å². The smallest absolute Gasteiger partial charge is 0.269 e. The molecule has 168 valence electrons. The summed E-state index contributed by atoms with van der Waals surface area (Å²) in [6.45, 7) is 0.640. The molecule has 0 aliphatic carbocycles. The molecule has 0 saturated heterocycles. The number of amides is 1.